The van der Waals surface area contributed by atoms with Crippen molar-refractivity contribution in [1.29, 1.82) is 0 Å². The van der Waals surface area contributed by atoms with Gasteiger partial charge in [0, 0.05) is 17.0 Å². The molecule has 0 spiro atoms. The van der Waals surface area contributed by atoms with Gasteiger partial charge in [-0.1, -0.05) is 91.3 Å². The zero-order valence-corrected chi connectivity index (χ0v) is 17.0. The summed E-state index contributed by atoms with van der Waals surface area (Å²) in [7, 11) is 0. The standard InChI is InChI=1S/C16H18O2.C5H12.C2H6/c1-3-16(2,12-7-5-4-6-8-12)14-10-9-13(17)11-15(14)18;1-4-5(2)3;1-2/h4-11,17-18H,3H2,1-2H3;5H,4H2,1-3H3;1-2H3. The highest BCUT2D eigenvalue weighted by Crippen LogP contribution is 2.40. The van der Waals surface area contributed by atoms with Crippen LogP contribution in [0, 0.1) is 5.92 Å². The Morgan fingerprint density at radius 1 is 0.920 bits per heavy atom. The van der Waals surface area contributed by atoms with Gasteiger partial charge in [0.05, 0.1) is 0 Å². The van der Waals surface area contributed by atoms with Crippen LogP contribution in [0.15, 0.2) is 48.5 Å². The van der Waals surface area contributed by atoms with Gasteiger partial charge in [0.1, 0.15) is 11.5 Å². The van der Waals surface area contributed by atoms with E-state index < -0.39 is 0 Å². The molecule has 2 N–H and O–H groups in total. The largest absolute Gasteiger partial charge is 0.508 e. The van der Waals surface area contributed by atoms with Gasteiger partial charge in [-0.25, -0.2) is 0 Å². The molecule has 0 amide bonds. The van der Waals surface area contributed by atoms with Crippen molar-refractivity contribution in [3.63, 3.8) is 0 Å². The Morgan fingerprint density at radius 2 is 1.44 bits per heavy atom. The Bertz CT molecular complexity index is 590. The number of rotatable bonds is 4. The van der Waals surface area contributed by atoms with Gasteiger partial charge in [-0.05, 0) is 24.0 Å². The van der Waals surface area contributed by atoms with Crippen molar-refractivity contribution in [1.82, 2.24) is 0 Å². The van der Waals surface area contributed by atoms with Crippen LogP contribution in [0.2, 0.25) is 0 Å². The van der Waals surface area contributed by atoms with Crippen LogP contribution in [0.25, 0.3) is 0 Å². The zero-order valence-electron chi connectivity index (χ0n) is 17.0. The molecular formula is C23H36O2. The van der Waals surface area contributed by atoms with Gasteiger partial charge in [-0.15, -0.1) is 0 Å². The molecule has 1 atom stereocenters. The molecule has 0 bridgehead atoms. The molecule has 0 aliphatic carbocycles. The van der Waals surface area contributed by atoms with Crippen LogP contribution in [0.4, 0.5) is 0 Å². The summed E-state index contributed by atoms with van der Waals surface area (Å²) in [5, 5.41) is 19.4. The molecule has 0 fully saturated rings. The number of hydrogen-bond donors (Lipinski definition) is 2. The normalized spacial score (nSPS) is 12.3. The molecular weight excluding hydrogens is 308 g/mol. The van der Waals surface area contributed by atoms with Gasteiger partial charge in [0.15, 0.2) is 0 Å². The van der Waals surface area contributed by atoms with Crippen LogP contribution < -0.4 is 0 Å². The maximum Gasteiger partial charge on any atom is 0.123 e. The molecule has 0 aliphatic rings. The Balaban J connectivity index is 0.000000710. The lowest BCUT2D eigenvalue weighted by Crippen LogP contribution is -2.22. The van der Waals surface area contributed by atoms with E-state index in [0.717, 1.165) is 23.5 Å². The third-order valence-electron chi connectivity index (χ3n) is 4.51. The number of benzene rings is 2. The van der Waals surface area contributed by atoms with Crippen molar-refractivity contribution >= 4 is 0 Å². The average molecular weight is 345 g/mol. The number of phenolic OH excluding ortho intramolecular Hbond substituents is 2. The fourth-order valence-corrected chi connectivity index (χ4v) is 2.34. The molecule has 0 saturated heterocycles. The van der Waals surface area contributed by atoms with E-state index in [2.05, 4.69) is 46.8 Å². The lowest BCUT2D eigenvalue weighted by atomic mass is 9.74. The minimum Gasteiger partial charge on any atom is -0.508 e. The fraction of sp³-hybridized carbons (Fsp3) is 0.478. The van der Waals surface area contributed by atoms with Crippen LogP contribution in [0.1, 0.15) is 72.4 Å². The molecule has 2 aromatic carbocycles. The maximum absolute atomic E-state index is 10.1. The Kier molecular flexibility index (Phi) is 10.7. The first-order chi connectivity index (χ1) is 11.8. The molecule has 1 unspecified atom stereocenters. The van der Waals surface area contributed by atoms with Crippen molar-refractivity contribution in [2.75, 3.05) is 0 Å². The van der Waals surface area contributed by atoms with Gasteiger partial charge in [0.2, 0.25) is 0 Å². The van der Waals surface area contributed by atoms with E-state index in [1.54, 1.807) is 12.1 Å². The predicted octanol–water partition coefficient (Wildman–Crippen LogP) is 6.89. The summed E-state index contributed by atoms with van der Waals surface area (Å²) in [5.41, 5.74) is 1.75. The highest BCUT2D eigenvalue weighted by Gasteiger charge is 2.29. The first-order valence-electron chi connectivity index (χ1n) is 9.43. The number of phenols is 2. The molecule has 0 heterocycles. The third kappa shape index (κ3) is 6.81. The molecule has 0 saturated carbocycles. The highest BCUT2D eigenvalue weighted by atomic mass is 16.3. The van der Waals surface area contributed by atoms with Gasteiger partial charge in [-0.2, -0.15) is 0 Å². The molecule has 2 heteroatoms. The highest BCUT2D eigenvalue weighted by molar-refractivity contribution is 5.48. The van der Waals surface area contributed by atoms with Crippen molar-refractivity contribution in [2.24, 2.45) is 5.92 Å². The maximum atomic E-state index is 10.1. The Hall–Kier alpha value is -1.96. The van der Waals surface area contributed by atoms with Crippen LogP contribution in [0.5, 0.6) is 11.5 Å². The van der Waals surface area contributed by atoms with Crippen LogP contribution in [0.3, 0.4) is 0 Å². The van der Waals surface area contributed by atoms with Crippen LogP contribution in [-0.2, 0) is 5.41 Å². The minimum absolute atomic E-state index is 0.0859. The van der Waals surface area contributed by atoms with Gasteiger partial charge in [-0.3, -0.25) is 0 Å². The Morgan fingerprint density at radius 3 is 1.84 bits per heavy atom. The van der Waals surface area contributed by atoms with E-state index >= 15 is 0 Å². The molecule has 0 aliphatic heterocycles. The average Bonchev–Trinajstić information content (AvgIpc) is 2.64. The number of aromatic hydroxyl groups is 2. The SMILES string of the molecule is CC.CCC(C)(c1ccccc1)c1ccc(O)cc1O.CCC(C)C. The lowest BCUT2D eigenvalue weighted by molar-refractivity contribution is 0.428. The van der Waals surface area contributed by atoms with E-state index in [4.69, 9.17) is 0 Å². The molecule has 140 valence electrons. The van der Waals surface area contributed by atoms with E-state index in [1.807, 2.05) is 32.0 Å². The number of hydrogen-bond acceptors (Lipinski definition) is 2. The molecule has 25 heavy (non-hydrogen) atoms. The van der Waals surface area contributed by atoms with Crippen molar-refractivity contribution in [3.05, 3.63) is 59.7 Å². The lowest BCUT2D eigenvalue weighted by Gasteiger charge is -2.30. The molecule has 2 rings (SSSR count). The van der Waals surface area contributed by atoms with Crippen LogP contribution >= 0.6 is 0 Å². The first-order valence-corrected chi connectivity index (χ1v) is 9.43. The van der Waals surface area contributed by atoms with Crippen molar-refractivity contribution < 1.29 is 10.2 Å². The van der Waals surface area contributed by atoms with Gasteiger partial charge >= 0.3 is 0 Å². The summed E-state index contributed by atoms with van der Waals surface area (Å²) in [5.74, 6) is 1.11. The second-order valence-electron chi connectivity index (χ2n) is 6.56. The molecule has 2 aromatic rings. The Labute approximate surface area is 154 Å². The smallest absolute Gasteiger partial charge is 0.123 e. The van der Waals surface area contributed by atoms with E-state index in [9.17, 15) is 10.2 Å². The summed E-state index contributed by atoms with van der Waals surface area (Å²) in [6.45, 7) is 14.8. The first kappa shape index (κ1) is 23.0. The van der Waals surface area contributed by atoms with Gasteiger partial charge in [0.25, 0.3) is 0 Å². The summed E-state index contributed by atoms with van der Waals surface area (Å²) in [6.07, 6.45) is 2.18. The van der Waals surface area contributed by atoms with Crippen molar-refractivity contribution in [2.45, 2.75) is 66.7 Å². The van der Waals surface area contributed by atoms with Crippen LogP contribution in [-0.4, -0.2) is 10.2 Å². The zero-order chi connectivity index (χ0) is 19.5. The van der Waals surface area contributed by atoms with E-state index in [0.29, 0.717) is 0 Å². The molecule has 2 nitrogen and oxygen atoms in total. The summed E-state index contributed by atoms with van der Waals surface area (Å²) >= 11 is 0. The van der Waals surface area contributed by atoms with E-state index in [-0.39, 0.29) is 16.9 Å². The summed E-state index contributed by atoms with van der Waals surface area (Å²) in [6, 6.07) is 14.9. The molecule has 0 radical (unpaired) electrons. The van der Waals surface area contributed by atoms with Crippen molar-refractivity contribution in [3.8, 4) is 11.5 Å². The molecule has 0 aromatic heterocycles. The quantitative estimate of drug-likeness (QED) is 0.633. The third-order valence-corrected chi connectivity index (χ3v) is 4.51. The monoisotopic (exact) mass is 344 g/mol. The van der Waals surface area contributed by atoms with E-state index in [1.165, 1.54) is 12.5 Å². The predicted molar refractivity (Wildman–Crippen MR) is 109 cm³/mol. The van der Waals surface area contributed by atoms with Gasteiger partial charge < -0.3 is 10.2 Å². The minimum atomic E-state index is -0.251. The summed E-state index contributed by atoms with van der Waals surface area (Å²) < 4.78 is 0. The second kappa shape index (κ2) is 11.6. The second-order valence-corrected chi connectivity index (χ2v) is 6.56. The summed E-state index contributed by atoms with van der Waals surface area (Å²) in [4.78, 5) is 0. The topological polar surface area (TPSA) is 40.5 Å². The fourth-order valence-electron chi connectivity index (χ4n) is 2.34.